The fourth-order valence-corrected chi connectivity index (χ4v) is 2.31. The van der Waals surface area contributed by atoms with Crippen molar-refractivity contribution in [3.8, 4) is 0 Å². The Labute approximate surface area is 113 Å². The van der Waals surface area contributed by atoms with Gasteiger partial charge in [-0.3, -0.25) is 9.69 Å². The molecule has 1 aliphatic heterocycles. The van der Waals surface area contributed by atoms with E-state index in [1.54, 1.807) is 0 Å². The minimum absolute atomic E-state index is 0.166. The van der Waals surface area contributed by atoms with Gasteiger partial charge in [-0.05, 0) is 40.7 Å². The third kappa shape index (κ3) is 3.71. The summed E-state index contributed by atoms with van der Waals surface area (Å²) in [6.07, 6.45) is 2.28. The summed E-state index contributed by atoms with van der Waals surface area (Å²) in [5.41, 5.74) is -0.0953. The lowest BCUT2D eigenvalue weighted by Gasteiger charge is -2.38. The Kier molecular flexibility index (Phi) is 4.47. The normalized spacial score (nSPS) is 21.8. The van der Waals surface area contributed by atoms with Crippen LogP contribution in [-0.4, -0.2) is 47.4 Å². The second-order valence-electron chi connectivity index (χ2n) is 7.60. The van der Waals surface area contributed by atoms with Crippen molar-refractivity contribution in [1.82, 2.24) is 9.80 Å². The maximum absolute atomic E-state index is 12.4. The molecule has 0 aliphatic carbocycles. The predicted molar refractivity (Wildman–Crippen MR) is 76.6 cm³/mol. The molecule has 0 spiro atoms. The maximum atomic E-state index is 12.4. The number of likely N-dealkylation sites (N-methyl/N-ethyl adjacent to an activating group) is 1. The van der Waals surface area contributed by atoms with Gasteiger partial charge in [0.05, 0.1) is 0 Å². The van der Waals surface area contributed by atoms with Crippen LogP contribution in [0.2, 0.25) is 0 Å². The van der Waals surface area contributed by atoms with Crippen LogP contribution < -0.4 is 0 Å². The van der Waals surface area contributed by atoms with E-state index >= 15 is 0 Å². The Balaban J connectivity index is 2.69. The molecule has 1 saturated heterocycles. The van der Waals surface area contributed by atoms with Gasteiger partial charge in [-0.1, -0.05) is 20.8 Å². The molecule has 1 rings (SSSR count). The van der Waals surface area contributed by atoms with E-state index in [0.29, 0.717) is 11.9 Å². The molecule has 0 aromatic heterocycles. The van der Waals surface area contributed by atoms with Gasteiger partial charge in [-0.15, -0.1) is 0 Å². The monoisotopic (exact) mass is 254 g/mol. The van der Waals surface area contributed by atoms with Crippen LogP contribution in [0.3, 0.4) is 0 Å². The zero-order valence-electron chi connectivity index (χ0n) is 13.2. The molecule has 0 bridgehead atoms. The Morgan fingerprint density at radius 2 is 1.78 bits per heavy atom. The van der Waals surface area contributed by atoms with Crippen molar-refractivity contribution in [2.45, 2.75) is 66.0 Å². The first-order valence-corrected chi connectivity index (χ1v) is 7.06. The maximum Gasteiger partial charge on any atom is 0.228 e. The lowest BCUT2D eigenvalue weighted by atomic mass is 9.94. The van der Waals surface area contributed by atoms with Crippen molar-refractivity contribution in [3.05, 3.63) is 0 Å². The van der Waals surface area contributed by atoms with E-state index in [2.05, 4.69) is 37.6 Å². The highest BCUT2D eigenvalue weighted by Gasteiger charge is 2.36. The molecule has 0 N–H and O–H groups in total. The molecule has 3 nitrogen and oxygen atoms in total. The number of rotatable bonds is 2. The third-order valence-electron chi connectivity index (χ3n) is 3.91. The topological polar surface area (TPSA) is 23.6 Å². The standard InChI is InChI=1S/C15H30N2O/c1-14(2,3)13(18)17-10-8-9-12(17)11-16(7)15(4,5)6/h12H,8-11H2,1-7H3. The Morgan fingerprint density at radius 3 is 2.22 bits per heavy atom. The molecule has 1 unspecified atom stereocenters. The van der Waals surface area contributed by atoms with Gasteiger partial charge in [0.15, 0.2) is 0 Å². The van der Waals surface area contributed by atoms with Crippen LogP contribution in [0.25, 0.3) is 0 Å². The van der Waals surface area contributed by atoms with Crippen LogP contribution in [0, 0.1) is 5.41 Å². The molecule has 0 saturated carbocycles. The lowest BCUT2D eigenvalue weighted by molar-refractivity contribution is -0.140. The molecule has 3 heteroatoms. The van der Waals surface area contributed by atoms with Gasteiger partial charge in [0.1, 0.15) is 0 Å². The van der Waals surface area contributed by atoms with E-state index in [1.165, 1.54) is 0 Å². The number of hydrogen-bond donors (Lipinski definition) is 0. The zero-order chi connectivity index (χ0) is 14.1. The molecule has 1 heterocycles. The fourth-order valence-electron chi connectivity index (χ4n) is 2.31. The molecule has 1 aliphatic rings. The van der Waals surface area contributed by atoms with Crippen LogP contribution in [-0.2, 0) is 4.79 Å². The van der Waals surface area contributed by atoms with Crippen molar-refractivity contribution in [3.63, 3.8) is 0 Å². The van der Waals surface area contributed by atoms with E-state index < -0.39 is 0 Å². The van der Waals surface area contributed by atoms with E-state index in [4.69, 9.17) is 0 Å². The van der Waals surface area contributed by atoms with Gasteiger partial charge in [-0.2, -0.15) is 0 Å². The molecule has 0 aromatic rings. The summed E-state index contributed by atoms with van der Waals surface area (Å²) >= 11 is 0. The van der Waals surface area contributed by atoms with Crippen LogP contribution in [0.4, 0.5) is 0 Å². The first kappa shape index (κ1) is 15.5. The van der Waals surface area contributed by atoms with Gasteiger partial charge in [-0.25, -0.2) is 0 Å². The van der Waals surface area contributed by atoms with E-state index in [-0.39, 0.29) is 11.0 Å². The lowest BCUT2D eigenvalue weighted by Crippen LogP contribution is -2.50. The molecule has 1 atom stereocenters. The number of hydrogen-bond acceptors (Lipinski definition) is 2. The molecule has 18 heavy (non-hydrogen) atoms. The highest BCUT2D eigenvalue weighted by Crippen LogP contribution is 2.26. The molecular weight excluding hydrogens is 224 g/mol. The predicted octanol–water partition coefficient (Wildman–Crippen LogP) is 2.75. The first-order valence-electron chi connectivity index (χ1n) is 7.06. The van der Waals surface area contributed by atoms with Crippen LogP contribution >= 0.6 is 0 Å². The van der Waals surface area contributed by atoms with Crippen molar-refractivity contribution >= 4 is 5.91 Å². The number of amides is 1. The first-order chi connectivity index (χ1) is 8.03. The Morgan fingerprint density at radius 1 is 1.22 bits per heavy atom. The summed E-state index contributed by atoms with van der Waals surface area (Å²) in [6, 6.07) is 0.390. The highest BCUT2D eigenvalue weighted by atomic mass is 16.2. The van der Waals surface area contributed by atoms with Crippen LogP contribution in [0.5, 0.6) is 0 Å². The summed E-state index contributed by atoms with van der Waals surface area (Å²) < 4.78 is 0. The third-order valence-corrected chi connectivity index (χ3v) is 3.91. The minimum atomic E-state index is -0.261. The fraction of sp³-hybridized carbons (Fsp3) is 0.933. The summed E-state index contributed by atoms with van der Waals surface area (Å²) in [6.45, 7) is 14.6. The summed E-state index contributed by atoms with van der Waals surface area (Å²) in [5.74, 6) is 0.298. The van der Waals surface area contributed by atoms with Crippen molar-refractivity contribution in [2.24, 2.45) is 5.41 Å². The molecule has 0 aromatic carbocycles. The van der Waals surface area contributed by atoms with E-state index in [9.17, 15) is 4.79 Å². The van der Waals surface area contributed by atoms with Crippen LogP contribution in [0.1, 0.15) is 54.4 Å². The zero-order valence-corrected chi connectivity index (χ0v) is 13.2. The van der Waals surface area contributed by atoms with Gasteiger partial charge in [0.25, 0.3) is 0 Å². The van der Waals surface area contributed by atoms with Crippen molar-refractivity contribution in [1.29, 1.82) is 0 Å². The molecule has 1 amide bonds. The molecule has 106 valence electrons. The summed E-state index contributed by atoms with van der Waals surface area (Å²) in [5, 5.41) is 0. The van der Waals surface area contributed by atoms with Gasteiger partial charge < -0.3 is 4.90 Å². The Bertz CT molecular complexity index is 299. The van der Waals surface area contributed by atoms with Crippen LogP contribution in [0.15, 0.2) is 0 Å². The number of nitrogens with zero attached hydrogens (tertiary/aromatic N) is 2. The second kappa shape index (κ2) is 5.20. The number of carbonyl (C=O) groups is 1. The average molecular weight is 254 g/mol. The van der Waals surface area contributed by atoms with Gasteiger partial charge in [0, 0.05) is 30.1 Å². The van der Waals surface area contributed by atoms with E-state index in [0.717, 1.165) is 25.9 Å². The highest BCUT2D eigenvalue weighted by molar-refractivity contribution is 5.82. The SMILES string of the molecule is CN(CC1CCCN1C(=O)C(C)(C)C)C(C)(C)C. The molecule has 0 radical (unpaired) electrons. The van der Waals surface area contributed by atoms with Crippen molar-refractivity contribution < 1.29 is 4.79 Å². The smallest absolute Gasteiger partial charge is 0.228 e. The van der Waals surface area contributed by atoms with E-state index in [1.807, 2.05) is 20.8 Å². The van der Waals surface area contributed by atoms with Gasteiger partial charge >= 0.3 is 0 Å². The molecule has 1 fully saturated rings. The minimum Gasteiger partial charge on any atom is -0.338 e. The van der Waals surface area contributed by atoms with Gasteiger partial charge in [0.2, 0.25) is 5.91 Å². The number of likely N-dealkylation sites (tertiary alicyclic amines) is 1. The molecular formula is C15H30N2O. The number of carbonyl (C=O) groups excluding carboxylic acids is 1. The average Bonchev–Trinajstić information content (AvgIpc) is 2.61. The summed E-state index contributed by atoms with van der Waals surface area (Å²) in [7, 11) is 2.15. The second-order valence-corrected chi connectivity index (χ2v) is 7.60. The quantitative estimate of drug-likeness (QED) is 0.756. The summed E-state index contributed by atoms with van der Waals surface area (Å²) in [4.78, 5) is 16.9. The Hall–Kier alpha value is -0.570. The van der Waals surface area contributed by atoms with Crippen molar-refractivity contribution in [2.75, 3.05) is 20.1 Å². The largest absolute Gasteiger partial charge is 0.338 e.